The van der Waals surface area contributed by atoms with E-state index in [2.05, 4.69) is 10.2 Å². The molecule has 0 aliphatic carbocycles. The van der Waals surface area contributed by atoms with Crippen LogP contribution in [0.3, 0.4) is 0 Å². The predicted octanol–water partition coefficient (Wildman–Crippen LogP) is 4.08. The Hall–Kier alpha value is -3.15. The van der Waals surface area contributed by atoms with Crippen molar-refractivity contribution in [2.45, 2.75) is 19.3 Å². The lowest BCUT2D eigenvalue weighted by molar-refractivity contribution is -0.384. The molecule has 6 heteroatoms. The Morgan fingerprint density at radius 3 is 2.62 bits per heavy atom. The third-order valence-corrected chi connectivity index (χ3v) is 4.91. The normalized spacial score (nSPS) is 17.9. The second-order valence-electron chi connectivity index (χ2n) is 6.61. The molecule has 2 aromatic rings. The molecule has 0 unspecified atom stereocenters. The summed E-state index contributed by atoms with van der Waals surface area (Å²) >= 11 is 0. The van der Waals surface area contributed by atoms with Gasteiger partial charge in [-0.2, -0.15) is 0 Å². The second-order valence-corrected chi connectivity index (χ2v) is 6.61. The molecule has 1 amide bonds. The highest BCUT2D eigenvalue weighted by Gasteiger charge is 2.25. The number of nitro benzene ring substituents is 1. The van der Waals surface area contributed by atoms with Gasteiger partial charge in [-0.15, -0.1) is 0 Å². The van der Waals surface area contributed by atoms with E-state index in [1.54, 1.807) is 18.2 Å². The van der Waals surface area contributed by atoms with Crippen LogP contribution in [0.15, 0.2) is 42.5 Å². The molecule has 2 aliphatic heterocycles. The van der Waals surface area contributed by atoms with Crippen LogP contribution in [0.2, 0.25) is 0 Å². The fraction of sp³-hybridized carbons (Fsp3) is 0.250. The quantitative estimate of drug-likeness (QED) is 0.515. The van der Waals surface area contributed by atoms with Gasteiger partial charge in [-0.3, -0.25) is 14.9 Å². The molecular weight excluding hydrogens is 330 g/mol. The summed E-state index contributed by atoms with van der Waals surface area (Å²) in [7, 11) is 0. The van der Waals surface area contributed by atoms with Gasteiger partial charge >= 0.3 is 0 Å². The fourth-order valence-electron chi connectivity index (χ4n) is 3.63. The molecule has 4 rings (SSSR count). The predicted molar refractivity (Wildman–Crippen MR) is 102 cm³/mol. The molecule has 132 valence electrons. The van der Waals surface area contributed by atoms with Gasteiger partial charge in [-0.1, -0.05) is 24.3 Å². The van der Waals surface area contributed by atoms with Crippen molar-refractivity contribution in [2.24, 2.45) is 0 Å². The van der Waals surface area contributed by atoms with Gasteiger partial charge in [0.1, 0.15) is 5.69 Å². The number of rotatable bonds is 3. The first-order valence-electron chi connectivity index (χ1n) is 8.79. The summed E-state index contributed by atoms with van der Waals surface area (Å²) in [5.74, 6) is -0.186. The summed E-state index contributed by atoms with van der Waals surface area (Å²) in [5, 5.41) is 14.4. The third-order valence-electron chi connectivity index (χ3n) is 4.91. The van der Waals surface area contributed by atoms with Gasteiger partial charge in [0.2, 0.25) is 0 Å². The Bertz CT molecular complexity index is 914. The van der Waals surface area contributed by atoms with Crippen LogP contribution in [0.4, 0.5) is 17.1 Å². The highest BCUT2D eigenvalue weighted by atomic mass is 16.6. The van der Waals surface area contributed by atoms with Crippen molar-refractivity contribution in [3.05, 3.63) is 63.7 Å². The maximum atomic E-state index is 12.2. The van der Waals surface area contributed by atoms with Gasteiger partial charge < -0.3 is 10.2 Å². The van der Waals surface area contributed by atoms with E-state index in [9.17, 15) is 14.9 Å². The van der Waals surface area contributed by atoms with Crippen LogP contribution in [-0.2, 0) is 4.79 Å². The molecule has 2 heterocycles. The minimum atomic E-state index is -0.339. The largest absolute Gasteiger partial charge is 0.366 e. The van der Waals surface area contributed by atoms with E-state index in [1.165, 1.54) is 6.42 Å². The first-order valence-corrected chi connectivity index (χ1v) is 8.79. The first-order chi connectivity index (χ1) is 12.6. The molecule has 2 aromatic carbocycles. The number of nitrogens with one attached hydrogen (secondary N) is 1. The number of carbonyl (C=O) groups is 1. The monoisotopic (exact) mass is 349 g/mol. The highest BCUT2D eigenvalue weighted by Crippen LogP contribution is 2.35. The average Bonchev–Trinajstić information content (AvgIpc) is 2.98. The number of fused-ring (bicyclic) bond motifs is 1. The van der Waals surface area contributed by atoms with E-state index in [1.807, 2.05) is 30.3 Å². The average molecular weight is 349 g/mol. The summed E-state index contributed by atoms with van der Waals surface area (Å²) in [6.07, 6.45) is 5.00. The molecule has 1 fully saturated rings. The lowest BCUT2D eigenvalue weighted by Gasteiger charge is -2.28. The molecule has 0 spiro atoms. The van der Waals surface area contributed by atoms with Crippen LogP contribution in [0.25, 0.3) is 11.6 Å². The standard InChI is InChI=1S/C20H19N3O3/c24-20-16(15-6-2-3-7-17(15)21-20)12-14-8-9-18(19(13-14)23(25)26)22-10-4-1-5-11-22/h2-3,6-9,12-13H,1,4-5,10-11H2,(H,21,24)/b16-12+. The summed E-state index contributed by atoms with van der Waals surface area (Å²) in [4.78, 5) is 25.6. The van der Waals surface area contributed by atoms with E-state index in [-0.39, 0.29) is 16.5 Å². The number of piperidine rings is 1. The van der Waals surface area contributed by atoms with Gasteiger partial charge in [0, 0.05) is 36.0 Å². The van der Waals surface area contributed by atoms with Gasteiger partial charge in [0.05, 0.1) is 4.92 Å². The van der Waals surface area contributed by atoms with Crippen molar-refractivity contribution in [2.75, 3.05) is 23.3 Å². The molecule has 2 aliphatic rings. The molecule has 0 radical (unpaired) electrons. The number of carbonyl (C=O) groups excluding carboxylic acids is 1. The highest BCUT2D eigenvalue weighted by molar-refractivity contribution is 6.34. The van der Waals surface area contributed by atoms with Crippen LogP contribution in [0.5, 0.6) is 0 Å². The van der Waals surface area contributed by atoms with Crippen LogP contribution in [0.1, 0.15) is 30.4 Å². The maximum Gasteiger partial charge on any atom is 0.293 e. The molecule has 26 heavy (non-hydrogen) atoms. The summed E-state index contributed by atoms with van der Waals surface area (Å²) in [6, 6.07) is 12.7. The topological polar surface area (TPSA) is 75.5 Å². The van der Waals surface area contributed by atoms with Crippen LogP contribution in [-0.4, -0.2) is 23.9 Å². The van der Waals surface area contributed by atoms with Crippen LogP contribution < -0.4 is 10.2 Å². The summed E-state index contributed by atoms with van der Waals surface area (Å²) in [6.45, 7) is 1.69. The number of anilines is 2. The van der Waals surface area contributed by atoms with Crippen molar-refractivity contribution in [1.29, 1.82) is 0 Å². The van der Waals surface area contributed by atoms with Crippen molar-refractivity contribution >= 4 is 34.6 Å². The minimum absolute atomic E-state index is 0.0907. The minimum Gasteiger partial charge on any atom is -0.366 e. The van der Waals surface area contributed by atoms with Crippen molar-refractivity contribution in [1.82, 2.24) is 0 Å². The maximum absolute atomic E-state index is 12.2. The molecule has 0 bridgehead atoms. The van der Waals surface area contributed by atoms with Crippen molar-refractivity contribution < 1.29 is 9.72 Å². The Morgan fingerprint density at radius 1 is 1.08 bits per heavy atom. The smallest absolute Gasteiger partial charge is 0.293 e. The van der Waals surface area contributed by atoms with Gasteiger partial charge in [0.25, 0.3) is 11.6 Å². The molecular formula is C20H19N3O3. The van der Waals surface area contributed by atoms with E-state index in [0.717, 1.165) is 37.2 Å². The van der Waals surface area contributed by atoms with Crippen LogP contribution >= 0.6 is 0 Å². The zero-order chi connectivity index (χ0) is 18.1. The lowest BCUT2D eigenvalue weighted by Crippen LogP contribution is -2.29. The van der Waals surface area contributed by atoms with E-state index in [0.29, 0.717) is 16.8 Å². The second kappa shape index (κ2) is 6.63. The van der Waals surface area contributed by atoms with Gasteiger partial charge in [0.15, 0.2) is 0 Å². The summed E-state index contributed by atoms with van der Waals surface area (Å²) in [5.41, 5.74) is 3.52. The van der Waals surface area contributed by atoms with E-state index >= 15 is 0 Å². The lowest BCUT2D eigenvalue weighted by atomic mass is 10.0. The van der Waals surface area contributed by atoms with Crippen molar-refractivity contribution in [3.8, 4) is 0 Å². The number of nitro groups is 1. The Kier molecular flexibility index (Phi) is 4.16. The number of para-hydroxylation sites is 1. The number of hydrogen-bond donors (Lipinski definition) is 1. The molecule has 0 aromatic heterocycles. The zero-order valence-electron chi connectivity index (χ0n) is 14.3. The molecule has 1 saturated heterocycles. The SMILES string of the molecule is O=C1Nc2ccccc2/C1=C\c1ccc(N2CCCCC2)c([N+](=O)[O-])c1. The van der Waals surface area contributed by atoms with E-state index in [4.69, 9.17) is 0 Å². The Morgan fingerprint density at radius 2 is 1.85 bits per heavy atom. The Balaban J connectivity index is 1.73. The number of nitrogens with zero attached hydrogens (tertiary/aromatic N) is 2. The van der Waals surface area contributed by atoms with E-state index < -0.39 is 0 Å². The molecule has 1 N–H and O–H groups in total. The number of amides is 1. The third kappa shape index (κ3) is 2.94. The zero-order valence-corrected chi connectivity index (χ0v) is 14.3. The first kappa shape index (κ1) is 16.3. The summed E-state index contributed by atoms with van der Waals surface area (Å²) < 4.78 is 0. The molecule has 6 nitrogen and oxygen atoms in total. The fourth-order valence-corrected chi connectivity index (χ4v) is 3.63. The van der Waals surface area contributed by atoms with Crippen LogP contribution in [0, 0.1) is 10.1 Å². The molecule has 0 atom stereocenters. The molecule has 0 saturated carbocycles. The number of benzene rings is 2. The Labute approximate surface area is 151 Å². The number of hydrogen-bond acceptors (Lipinski definition) is 4. The van der Waals surface area contributed by atoms with Gasteiger partial charge in [-0.05, 0) is 43.0 Å². The van der Waals surface area contributed by atoms with Gasteiger partial charge in [-0.25, -0.2) is 0 Å². The van der Waals surface area contributed by atoms with Crippen molar-refractivity contribution in [3.63, 3.8) is 0 Å².